The van der Waals surface area contributed by atoms with Gasteiger partial charge in [0, 0.05) is 16.9 Å². The van der Waals surface area contributed by atoms with Gasteiger partial charge in [0.25, 0.3) is 0 Å². The molecule has 4 heteroatoms. The number of aryl methyl sites for hydroxylation is 1. The minimum Gasteiger partial charge on any atom is -0.376 e. The molecule has 0 aliphatic rings. The van der Waals surface area contributed by atoms with Gasteiger partial charge in [-0.25, -0.2) is 0 Å². The lowest BCUT2D eigenvalue weighted by molar-refractivity contribution is -0.114. The molecule has 0 radical (unpaired) electrons. The molecule has 2 aromatic rings. The topological polar surface area (TPSA) is 58.2 Å². The minimum atomic E-state index is -0.147. The molecule has 2 N–H and O–H groups in total. The van der Waals surface area contributed by atoms with Crippen LogP contribution in [0.4, 0.5) is 11.4 Å². The second kappa shape index (κ2) is 7.41. The van der Waals surface area contributed by atoms with Crippen molar-refractivity contribution in [3.05, 3.63) is 59.7 Å². The highest BCUT2D eigenvalue weighted by Crippen LogP contribution is 2.15. The molecule has 1 amide bonds. The molecule has 0 fully saturated rings. The van der Waals surface area contributed by atoms with Crippen molar-refractivity contribution in [2.45, 2.75) is 20.3 Å². The third-order valence-electron chi connectivity index (χ3n) is 3.36. The van der Waals surface area contributed by atoms with Crippen molar-refractivity contribution in [2.75, 3.05) is 17.2 Å². The van der Waals surface area contributed by atoms with Crippen molar-refractivity contribution in [1.82, 2.24) is 0 Å². The Hall–Kier alpha value is -2.62. The maximum Gasteiger partial charge on any atom is 0.243 e. The van der Waals surface area contributed by atoms with E-state index in [4.69, 9.17) is 0 Å². The highest BCUT2D eigenvalue weighted by molar-refractivity contribution is 6.00. The molecule has 114 valence electrons. The number of rotatable bonds is 6. The summed E-state index contributed by atoms with van der Waals surface area (Å²) in [5.41, 5.74) is 3.22. The van der Waals surface area contributed by atoms with Gasteiger partial charge in [-0.05, 0) is 43.2 Å². The van der Waals surface area contributed by atoms with Crippen LogP contribution in [0.25, 0.3) is 0 Å². The largest absolute Gasteiger partial charge is 0.376 e. The zero-order valence-electron chi connectivity index (χ0n) is 12.8. The number of carbonyl (C=O) groups is 2. The van der Waals surface area contributed by atoms with E-state index in [0.29, 0.717) is 11.3 Å². The van der Waals surface area contributed by atoms with Crippen LogP contribution in [0.2, 0.25) is 0 Å². The van der Waals surface area contributed by atoms with Crippen molar-refractivity contribution in [1.29, 1.82) is 0 Å². The van der Waals surface area contributed by atoms with Crippen LogP contribution in [0.3, 0.4) is 0 Å². The number of nitrogens with one attached hydrogen (secondary N) is 2. The predicted octanol–water partition coefficient (Wildman–Crippen LogP) is 3.50. The maximum absolute atomic E-state index is 12.0. The van der Waals surface area contributed by atoms with Gasteiger partial charge in [0.1, 0.15) is 0 Å². The molecule has 0 spiro atoms. The number of ketones is 1. The molecule has 4 nitrogen and oxygen atoms in total. The Morgan fingerprint density at radius 1 is 1.05 bits per heavy atom. The average molecular weight is 296 g/mol. The number of amides is 1. The molecule has 0 aliphatic carbocycles. The van der Waals surface area contributed by atoms with Crippen LogP contribution in [0.5, 0.6) is 0 Å². The second-order valence-electron chi connectivity index (χ2n) is 5.06. The van der Waals surface area contributed by atoms with E-state index in [9.17, 15) is 9.59 Å². The lowest BCUT2D eigenvalue weighted by Gasteiger charge is -2.11. The fraction of sp³-hybridized carbons (Fsp3) is 0.222. The minimum absolute atomic E-state index is 0.0286. The Labute approximate surface area is 130 Å². The second-order valence-corrected chi connectivity index (χ2v) is 5.06. The number of Topliss-reactive ketones (excluding diaryl/α,β-unsaturated/α-hetero) is 1. The molecule has 0 bridgehead atoms. The Morgan fingerprint density at radius 3 is 2.55 bits per heavy atom. The molecular formula is C18H20N2O2. The summed E-state index contributed by atoms with van der Waals surface area (Å²) in [6.07, 6.45) is 0.925. The number of carbonyl (C=O) groups excluding carboxylic acids is 2. The van der Waals surface area contributed by atoms with E-state index in [-0.39, 0.29) is 18.2 Å². The van der Waals surface area contributed by atoms with Gasteiger partial charge in [0.05, 0.1) is 6.54 Å². The van der Waals surface area contributed by atoms with Gasteiger partial charge >= 0.3 is 0 Å². The van der Waals surface area contributed by atoms with Gasteiger partial charge < -0.3 is 10.6 Å². The summed E-state index contributed by atoms with van der Waals surface area (Å²) < 4.78 is 0. The Balaban J connectivity index is 1.97. The van der Waals surface area contributed by atoms with Crippen LogP contribution in [0.1, 0.15) is 29.8 Å². The maximum atomic E-state index is 12.0. The molecule has 0 aliphatic heterocycles. The number of para-hydroxylation sites is 1. The monoisotopic (exact) mass is 296 g/mol. The van der Waals surface area contributed by atoms with Crippen LogP contribution in [-0.2, 0) is 11.2 Å². The van der Waals surface area contributed by atoms with Crippen molar-refractivity contribution < 1.29 is 9.59 Å². The SMILES string of the molecule is CCc1cccc(NC(=O)CNc2ccccc2C(C)=O)c1. The Morgan fingerprint density at radius 2 is 1.82 bits per heavy atom. The van der Waals surface area contributed by atoms with Crippen molar-refractivity contribution in [3.8, 4) is 0 Å². The molecule has 0 saturated heterocycles. The highest BCUT2D eigenvalue weighted by atomic mass is 16.2. The first-order valence-corrected chi connectivity index (χ1v) is 7.32. The summed E-state index contributed by atoms with van der Waals surface area (Å²) in [5.74, 6) is -0.175. The molecule has 0 saturated carbocycles. The summed E-state index contributed by atoms with van der Waals surface area (Å²) in [7, 11) is 0. The third kappa shape index (κ3) is 4.19. The highest BCUT2D eigenvalue weighted by Gasteiger charge is 2.08. The van der Waals surface area contributed by atoms with Gasteiger partial charge in [-0.3, -0.25) is 9.59 Å². The third-order valence-corrected chi connectivity index (χ3v) is 3.36. The van der Waals surface area contributed by atoms with Crippen LogP contribution in [0.15, 0.2) is 48.5 Å². The predicted molar refractivity (Wildman–Crippen MR) is 89.4 cm³/mol. The van der Waals surface area contributed by atoms with E-state index >= 15 is 0 Å². The summed E-state index contributed by atoms with van der Waals surface area (Å²) >= 11 is 0. The fourth-order valence-corrected chi connectivity index (χ4v) is 2.19. The first kappa shape index (κ1) is 15.8. The van der Waals surface area contributed by atoms with E-state index in [1.165, 1.54) is 12.5 Å². The van der Waals surface area contributed by atoms with E-state index in [2.05, 4.69) is 17.6 Å². The van der Waals surface area contributed by atoms with Gasteiger partial charge in [0.2, 0.25) is 5.91 Å². The number of anilines is 2. The lowest BCUT2D eigenvalue weighted by Crippen LogP contribution is -2.22. The molecule has 0 heterocycles. The van der Waals surface area contributed by atoms with E-state index < -0.39 is 0 Å². The summed E-state index contributed by atoms with van der Waals surface area (Å²) in [5, 5.41) is 5.86. The van der Waals surface area contributed by atoms with E-state index in [0.717, 1.165) is 12.1 Å². The standard InChI is InChI=1S/C18H20N2O2/c1-3-14-7-6-8-15(11-14)20-18(22)12-19-17-10-5-4-9-16(17)13(2)21/h4-11,19H,3,12H2,1-2H3,(H,20,22). The Bertz CT molecular complexity index is 680. The van der Waals surface area contributed by atoms with E-state index in [1.54, 1.807) is 18.2 Å². The molecule has 0 atom stereocenters. The van der Waals surface area contributed by atoms with Crippen molar-refractivity contribution in [3.63, 3.8) is 0 Å². The quantitative estimate of drug-likeness (QED) is 0.802. The van der Waals surface area contributed by atoms with Crippen molar-refractivity contribution in [2.24, 2.45) is 0 Å². The summed E-state index contributed by atoms with van der Waals surface area (Å²) in [6.45, 7) is 3.69. The molecule has 2 aromatic carbocycles. The van der Waals surface area contributed by atoms with Gasteiger partial charge in [-0.2, -0.15) is 0 Å². The van der Waals surface area contributed by atoms with Gasteiger partial charge in [0.15, 0.2) is 5.78 Å². The van der Waals surface area contributed by atoms with E-state index in [1.807, 2.05) is 30.3 Å². The van der Waals surface area contributed by atoms with Crippen LogP contribution >= 0.6 is 0 Å². The zero-order chi connectivity index (χ0) is 15.9. The number of hydrogen-bond acceptors (Lipinski definition) is 3. The van der Waals surface area contributed by atoms with Crippen LogP contribution in [0, 0.1) is 0 Å². The zero-order valence-corrected chi connectivity index (χ0v) is 12.8. The first-order valence-electron chi connectivity index (χ1n) is 7.32. The van der Waals surface area contributed by atoms with Gasteiger partial charge in [-0.15, -0.1) is 0 Å². The number of benzene rings is 2. The summed E-state index contributed by atoms with van der Waals surface area (Å²) in [6, 6.07) is 14.9. The first-order chi connectivity index (χ1) is 10.6. The summed E-state index contributed by atoms with van der Waals surface area (Å²) in [4.78, 5) is 23.5. The fourth-order valence-electron chi connectivity index (χ4n) is 2.19. The number of hydrogen-bond donors (Lipinski definition) is 2. The molecular weight excluding hydrogens is 276 g/mol. The average Bonchev–Trinajstić information content (AvgIpc) is 2.53. The van der Waals surface area contributed by atoms with Crippen LogP contribution < -0.4 is 10.6 Å². The molecule has 0 unspecified atom stereocenters. The molecule has 22 heavy (non-hydrogen) atoms. The smallest absolute Gasteiger partial charge is 0.243 e. The molecule has 2 rings (SSSR count). The Kier molecular flexibility index (Phi) is 5.31. The van der Waals surface area contributed by atoms with Crippen molar-refractivity contribution >= 4 is 23.1 Å². The lowest BCUT2D eigenvalue weighted by atomic mass is 10.1. The van der Waals surface area contributed by atoms with Gasteiger partial charge in [-0.1, -0.05) is 31.2 Å². The molecule has 0 aromatic heterocycles. The van der Waals surface area contributed by atoms with Crippen LogP contribution in [-0.4, -0.2) is 18.2 Å². The normalized spacial score (nSPS) is 10.1.